The lowest BCUT2D eigenvalue weighted by Gasteiger charge is -2.16. The van der Waals surface area contributed by atoms with E-state index in [1.165, 1.54) is 0 Å². The van der Waals surface area contributed by atoms with Gasteiger partial charge in [0, 0.05) is 0 Å². The third kappa shape index (κ3) is 2.63. The van der Waals surface area contributed by atoms with Crippen molar-refractivity contribution in [2.45, 2.75) is 26.8 Å². The standard InChI is InChI=1S/C6H13N/c1-5(2)6(3)7-4/h5-6H,4H2,1-3H3/q-1. The summed E-state index contributed by atoms with van der Waals surface area (Å²) in [5, 5.41) is 3.84. The van der Waals surface area contributed by atoms with E-state index in [0.717, 1.165) is 0 Å². The Hall–Kier alpha value is -0.0400. The van der Waals surface area contributed by atoms with Crippen molar-refractivity contribution in [3.05, 3.63) is 7.05 Å². The van der Waals surface area contributed by atoms with Crippen LogP contribution in [0, 0.1) is 13.0 Å². The Morgan fingerprint density at radius 2 is 1.71 bits per heavy atom. The first-order valence-electron chi connectivity index (χ1n) is 2.64. The van der Waals surface area contributed by atoms with Gasteiger partial charge in [0.25, 0.3) is 0 Å². The quantitative estimate of drug-likeness (QED) is 0.465. The molecule has 0 bridgehead atoms. The Labute approximate surface area is 46.1 Å². The van der Waals surface area contributed by atoms with E-state index in [1.807, 2.05) is 0 Å². The van der Waals surface area contributed by atoms with Crippen LogP contribution in [0.4, 0.5) is 0 Å². The summed E-state index contributed by atoms with van der Waals surface area (Å²) in [5.41, 5.74) is 0. The molecule has 0 saturated heterocycles. The second-order valence-corrected chi connectivity index (χ2v) is 2.17. The first-order chi connectivity index (χ1) is 3.18. The fourth-order valence-electron chi connectivity index (χ4n) is 0.211. The van der Waals surface area contributed by atoms with Crippen molar-refractivity contribution in [2.24, 2.45) is 5.92 Å². The topological polar surface area (TPSA) is 14.1 Å². The zero-order chi connectivity index (χ0) is 5.86. The van der Waals surface area contributed by atoms with Gasteiger partial charge >= 0.3 is 0 Å². The van der Waals surface area contributed by atoms with Crippen LogP contribution in [0.2, 0.25) is 0 Å². The minimum absolute atomic E-state index is 0.417. The van der Waals surface area contributed by atoms with Gasteiger partial charge in [-0.05, 0) is 12.0 Å². The molecule has 0 rings (SSSR count). The van der Waals surface area contributed by atoms with Crippen LogP contribution in [0.1, 0.15) is 20.8 Å². The molecule has 1 heteroatoms. The molecule has 0 aliphatic rings. The number of hydrogen-bond donors (Lipinski definition) is 0. The molecule has 0 saturated carbocycles. The van der Waals surface area contributed by atoms with Gasteiger partial charge in [0.1, 0.15) is 0 Å². The average molecular weight is 99.2 g/mol. The Kier molecular flexibility index (Phi) is 3.01. The fourth-order valence-corrected chi connectivity index (χ4v) is 0.211. The van der Waals surface area contributed by atoms with Gasteiger partial charge in [0.15, 0.2) is 0 Å². The van der Waals surface area contributed by atoms with Crippen LogP contribution < -0.4 is 5.32 Å². The summed E-state index contributed by atoms with van der Waals surface area (Å²) in [6.07, 6.45) is 0. The molecule has 0 aromatic carbocycles. The largest absolute Gasteiger partial charge is 0.422 e. The monoisotopic (exact) mass is 99.1 g/mol. The van der Waals surface area contributed by atoms with E-state index in [-0.39, 0.29) is 0 Å². The second-order valence-electron chi connectivity index (χ2n) is 2.17. The van der Waals surface area contributed by atoms with Crippen LogP contribution in [-0.4, -0.2) is 6.04 Å². The first kappa shape index (κ1) is 6.96. The van der Waals surface area contributed by atoms with Gasteiger partial charge in [-0.25, -0.2) is 0 Å². The highest BCUT2D eigenvalue weighted by atomic mass is 14.9. The van der Waals surface area contributed by atoms with Gasteiger partial charge in [-0.3, -0.25) is 7.05 Å². The average Bonchev–Trinajstić information content (AvgIpc) is 1.65. The summed E-state index contributed by atoms with van der Waals surface area (Å²) in [6.45, 7) is 6.34. The molecule has 0 aromatic rings. The van der Waals surface area contributed by atoms with E-state index < -0.39 is 0 Å². The molecule has 0 amide bonds. The highest BCUT2D eigenvalue weighted by molar-refractivity contribution is 4.61. The van der Waals surface area contributed by atoms with E-state index in [1.54, 1.807) is 0 Å². The van der Waals surface area contributed by atoms with Gasteiger partial charge in [-0.15, -0.1) is 0 Å². The molecule has 0 spiro atoms. The first-order valence-corrected chi connectivity index (χ1v) is 2.64. The Morgan fingerprint density at radius 3 is 1.71 bits per heavy atom. The van der Waals surface area contributed by atoms with Crippen LogP contribution >= 0.6 is 0 Å². The molecule has 0 aliphatic heterocycles. The van der Waals surface area contributed by atoms with Crippen molar-refractivity contribution >= 4 is 0 Å². The lowest BCUT2D eigenvalue weighted by molar-refractivity contribution is 0.465. The summed E-state index contributed by atoms with van der Waals surface area (Å²) < 4.78 is 0. The van der Waals surface area contributed by atoms with E-state index in [9.17, 15) is 0 Å². The van der Waals surface area contributed by atoms with Crippen molar-refractivity contribution in [1.29, 1.82) is 0 Å². The van der Waals surface area contributed by atoms with Gasteiger partial charge in [-0.1, -0.05) is 20.8 Å². The highest BCUT2D eigenvalue weighted by Crippen LogP contribution is 1.98. The molecular formula is C6H13N-. The molecule has 43 valence electrons. The molecule has 0 fully saturated rings. The van der Waals surface area contributed by atoms with Gasteiger partial charge < -0.3 is 5.32 Å². The zero-order valence-corrected chi connectivity index (χ0v) is 5.31. The molecule has 7 heavy (non-hydrogen) atoms. The third-order valence-corrected chi connectivity index (χ3v) is 1.25. The summed E-state index contributed by atoms with van der Waals surface area (Å²) in [7, 11) is 3.43. The molecule has 0 aliphatic carbocycles. The Bertz CT molecular complexity index is 41.4. The minimum Gasteiger partial charge on any atom is -0.422 e. The molecule has 0 N–H and O–H groups in total. The zero-order valence-electron chi connectivity index (χ0n) is 5.31. The number of rotatable bonds is 2. The van der Waals surface area contributed by atoms with E-state index in [2.05, 4.69) is 33.1 Å². The molecule has 0 heterocycles. The van der Waals surface area contributed by atoms with Crippen molar-refractivity contribution in [3.8, 4) is 0 Å². The molecule has 1 atom stereocenters. The van der Waals surface area contributed by atoms with E-state index >= 15 is 0 Å². The van der Waals surface area contributed by atoms with Crippen molar-refractivity contribution in [1.82, 2.24) is 5.32 Å². The second kappa shape index (κ2) is 3.03. The lowest BCUT2D eigenvalue weighted by atomic mass is 10.1. The molecular weight excluding hydrogens is 86.1 g/mol. The predicted molar refractivity (Wildman–Crippen MR) is 31.8 cm³/mol. The SMILES string of the molecule is [CH2-][N]C(C)C(C)C. The Morgan fingerprint density at radius 1 is 1.29 bits per heavy atom. The van der Waals surface area contributed by atoms with Crippen LogP contribution in [0.15, 0.2) is 0 Å². The molecule has 1 radical (unpaired) electrons. The highest BCUT2D eigenvalue weighted by Gasteiger charge is 1.98. The molecule has 0 aromatic heterocycles. The maximum atomic E-state index is 3.84. The van der Waals surface area contributed by atoms with Crippen molar-refractivity contribution in [3.63, 3.8) is 0 Å². The van der Waals surface area contributed by atoms with Gasteiger partial charge in [-0.2, -0.15) is 0 Å². The summed E-state index contributed by atoms with van der Waals surface area (Å²) in [6, 6.07) is 0.417. The Balaban J connectivity index is 3.14. The summed E-state index contributed by atoms with van der Waals surface area (Å²) >= 11 is 0. The predicted octanol–water partition coefficient (Wildman–Crippen LogP) is 1.43. The smallest absolute Gasteiger partial charge is 0.00903 e. The fraction of sp³-hybridized carbons (Fsp3) is 0.833. The maximum Gasteiger partial charge on any atom is -0.00903 e. The summed E-state index contributed by atoms with van der Waals surface area (Å²) in [4.78, 5) is 0. The van der Waals surface area contributed by atoms with E-state index in [4.69, 9.17) is 0 Å². The number of hydrogen-bond acceptors (Lipinski definition) is 0. The van der Waals surface area contributed by atoms with Crippen LogP contribution in [0.3, 0.4) is 0 Å². The molecule has 1 unspecified atom stereocenters. The lowest BCUT2D eigenvalue weighted by Crippen LogP contribution is -2.18. The van der Waals surface area contributed by atoms with Gasteiger partial charge in [0.05, 0.1) is 0 Å². The third-order valence-electron chi connectivity index (χ3n) is 1.25. The maximum absolute atomic E-state index is 3.84. The minimum atomic E-state index is 0.417. The van der Waals surface area contributed by atoms with Gasteiger partial charge in [0.2, 0.25) is 0 Å². The van der Waals surface area contributed by atoms with Crippen molar-refractivity contribution in [2.75, 3.05) is 0 Å². The number of nitrogens with zero attached hydrogens (tertiary/aromatic N) is 1. The van der Waals surface area contributed by atoms with Crippen LogP contribution in [-0.2, 0) is 0 Å². The van der Waals surface area contributed by atoms with Crippen molar-refractivity contribution < 1.29 is 0 Å². The summed E-state index contributed by atoms with van der Waals surface area (Å²) in [5.74, 6) is 0.637. The van der Waals surface area contributed by atoms with E-state index in [0.29, 0.717) is 12.0 Å². The normalized spacial score (nSPS) is 15.0. The van der Waals surface area contributed by atoms with Crippen LogP contribution in [0.5, 0.6) is 0 Å². The molecule has 1 nitrogen and oxygen atoms in total. The van der Waals surface area contributed by atoms with Crippen LogP contribution in [0.25, 0.3) is 0 Å².